The Hall–Kier alpha value is -1.40. The number of ether oxygens (including phenoxy) is 1. The zero-order chi connectivity index (χ0) is 16.6. The van der Waals surface area contributed by atoms with Crippen LogP contribution in [0.25, 0.3) is 0 Å². The summed E-state index contributed by atoms with van der Waals surface area (Å²) in [5.41, 5.74) is 6.48. The lowest BCUT2D eigenvalue weighted by atomic mass is 9.90. The molecule has 3 atom stereocenters. The first-order valence-electron chi connectivity index (χ1n) is 7.96. The topological polar surface area (TPSA) is 55.6 Å². The van der Waals surface area contributed by atoms with Crippen molar-refractivity contribution in [2.45, 2.75) is 32.3 Å². The summed E-state index contributed by atoms with van der Waals surface area (Å²) < 4.78 is 29.6. The molecule has 0 radical (unpaired) electrons. The minimum atomic E-state index is -2.85. The van der Waals surface area contributed by atoms with Crippen molar-refractivity contribution in [2.75, 3.05) is 19.6 Å². The number of likely N-dealkylation sites (tertiary alicyclic amines) is 1. The number of benzene rings is 1. The Morgan fingerprint density at radius 2 is 2.17 bits per heavy atom. The molecule has 1 aromatic rings. The number of para-hydroxylation sites is 1. The zero-order valence-electron chi connectivity index (χ0n) is 13.6. The highest BCUT2D eigenvalue weighted by Crippen LogP contribution is 2.52. The molecule has 3 unspecified atom stereocenters. The van der Waals surface area contributed by atoms with Crippen molar-refractivity contribution in [3.05, 3.63) is 29.8 Å². The van der Waals surface area contributed by atoms with Gasteiger partial charge in [-0.25, -0.2) is 0 Å². The third kappa shape index (κ3) is 3.81. The molecule has 2 fully saturated rings. The summed E-state index contributed by atoms with van der Waals surface area (Å²) in [7, 11) is 0. The van der Waals surface area contributed by atoms with E-state index >= 15 is 0 Å². The summed E-state index contributed by atoms with van der Waals surface area (Å²) in [5, 5.41) is 0. The Bertz CT molecular complexity index is 602. The number of carbonyl (C=O) groups excluding carboxylic acids is 1. The summed E-state index contributed by atoms with van der Waals surface area (Å²) in [6.45, 7) is 1.21. The van der Waals surface area contributed by atoms with Crippen molar-refractivity contribution >= 4 is 18.3 Å². The van der Waals surface area contributed by atoms with Crippen LogP contribution in [0.15, 0.2) is 24.3 Å². The van der Waals surface area contributed by atoms with Gasteiger partial charge in [-0.2, -0.15) is 8.78 Å². The van der Waals surface area contributed by atoms with E-state index in [-0.39, 0.29) is 41.3 Å². The number of hydrogen-bond donors (Lipinski definition) is 1. The number of carbonyl (C=O) groups is 1. The molecule has 1 saturated carbocycles. The lowest BCUT2D eigenvalue weighted by molar-refractivity contribution is -0.132. The molecule has 24 heavy (non-hydrogen) atoms. The van der Waals surface area contributed by atoms with Crippen LogP contribution in [-0.2, 0) is 4.79 Å². The van der Waals surface area contributed by atoms with Crippen LogP contribution >= 0.6 is 12.4 Å². The van der Waals surface area contributed by atoms with Gasteiger partial charge in [-0.1, -0.05) is 25.1 Å². The van der Waals surface area contributed by atoms with Gasteiger partial charge in [0.15, 0.2) is 0 Å². The average Bonchev–Trinajstić information content (AvgIpc) is 3.22. The molecular formula is C17H23ClF2N2O2. The predicted molar refractivity (Wildman–Crippen MR) is 89.5 cm³/mol. The number of amides is 1. The van der Waals surface area contributed by atoms with Crippen LogP contribution in [0.3, 0.4) is 0 Å². The molecule has 1 aliphatic carbocycles. The first kappa shape index (κ1) is 18.9. The van der Waals surface area contributed by atoms with E-state index in [2.05, 4.69) is 11.7 Å². The van der Waals surface area contributed by atoms with E-state index in [4.69, 9.17) is 5.73 Å². The van der Waals surface area contributed by atoms with E-state index in [1.807, 2.05) is 4.90 Å². The van der Waals surface area contributed by atoms with Crippen LogP contribution in [0.4, 0.5) is 8.78 Å². The second kappa shape index (κ2) is 7.23. The maximum absolute atomic E-state index is 12.6. The molecule has 2 N–H and O–H groups in total. The molecule has 7 heteroatoms. The van der Waals surface area contributed by atoms with E-state index < -0.39 is 6.61 Å². The number of rotatable bonds is 5. The summed E-state index contributed by atoms with van der Waals surface area (Å²) in [6, 6.07) is 6.74. The third-order valence-electron chi connectivity index (χ3n) is 5.00. The lowest BCUT2D eigenvalue weighted by Crippen LogP contribution is -2.35. The molecule has 1 amide bonds. The maximum atomic E-state index is 12.6. The largest absolute Gasteiger partial charge is 0.435 e. The maximum Gasteiger partial charge on any atom is 0.387 e. The number of hydrogen-bond acceptors (Lipinski definition) is 3. The molecule has 0 aromatic heterocycles. The molecule has 1 heterocycles. The Kier molecular flexibility index (Phi) is 5.71. The summed E-state index contributed by atoms with van der Waals surface area (Å²) in [5.74, 6) is 0.134. The van der Waals surface area contributed by atoms with Crippen molar-refractivity contribution in [2.24, 2.45) is 17.1 Å². The van der Waals surface area contributed by atoms with Crippen molar-refractivity contribution in [1.82, 2.24) is 4.90 Å². The minimum Gasteiger partial charge on any atom is -0.435 e. The molecule has 1 aromatic carbocycles. The molecule has 2 aliphatic rings. The van der Waals surface area contributed by atoms with Gasteiger partial charge in [0.25, 0.3) is 0 Å². The van der Waals surface area contributed by atoms with Crippen LogP contribution in [0, 0.1) is 11.3 Å². The Balaban J connectivity index is 0.00000208. The second-order valence-electron chi connectivity index (χ2n) is 6.89. The first-order chi connectivity index (χ1) is 10.9. The van der Waals surface area contributed by atoms with Crippen molar-refractivity contribution in [1.29, 1.82) is 0 Å². The van der Waals surface area contributed by atoms with Gasteiger partial charge in [0.1, 0.15) is 5.75 Å². The number of alkyl halides is 2. The van der Waals surface area contributed by atoms with Crippen LogP contribution in [0.5, 0.6) is 5.75 Å². The summed E-state index contributed by atoms with van der Waals surface area (Å²) >= 11 is 0. The van der Waals surface area contributed by atoms with Gasteiger partial charge < -0.3 is 15.4 Å². The highest BCUT2D eigenvalue weighted by molar-refractivity contribution is 5.85. The van der Waals surface area contributed by atoms with E-state index in [0.717, 1.165) is 13.0 Å². The van der Waals surface area contributed by atoms with Crippen LogP contribution in [0.1, 0.15) is 31.2 Å². The van der Waals surface area contributed by atoms with E-state index in [1.165, 1.54) is 6.07 Å². The number of halogens is 3. The molecule has 0 spiro atoms. The molecule has 4 nitrogen and oxygen atoms in total. The molecule has 3 rings (SSSR count). The second-order valence-corrected chi connectivity index (χ2v) is 6.89. The zero-order valence-corrected chi connectivity index (χ0v) is 14.4. The molecule has 1 saturated heterocycles. The van der Waals surface area contributed by atoms with Gasteiger partial charge in [-0.3, -0.25) is 4.79 Å². The predicted octanol–water partition coefficient (Wildman–Crippen LogP) is 3.01. The first-order valence-corrected chi connectivity index (χ1v) is 7.96. The fourth-order valence-electron chi connectivity index (χ4n) is 3.41. The Labute approximate surface area is 146 Å². The van der Waals surface area contributed by atoms with Crippen molar-refractivity contribution in [3.8, 4) is 5.75 Å². The molecular weight excluding hydrogens is 338 g/mol. The van der Waals surface area contributed by atoms with Gasteiger partial charge in [-0.05, 0) is 42.3 Å². The van der Waals surface area contributed by atoms with Gasteiger partial charge >= 0.3 is 6.61 Å². The SMILES string of the molecule is CC1(CN)CCN(C(=O)C2CC2c2ccccc2OC(F)F)C1.Cl. The van der Waals surface area contributed by atoms with Crippen molar-refractivity contribution < 1.29 is 18.3 Å². The van der Waals surface area contributed by atoms with Gasteiger partial charge in [0, 0.05) is 19.0 Å². The van der Waals surface area contributed by atoms with Gasteiger partial charge in [0.05, 0.1) is 0 Å². The Morgan fingerprint density at radius 1 is 1.46 bits per heavy atom. The van der Waals surface area contributed by atoms with E-state index in [0.29, 0.717) is 25.1 Å². The number of nitrogens with zero attached hydrogens (tertiary/aromatic N) is 1. The standard InChI is InChI=1S/C17H22F2N2O2.ClH/c1-17(9-20)6-7-21(10-17)15(22)13-8-12(13)11-4-2-3-5-14(11)23-16(18)19;/h2-5,12-13,16H,6-10,20H2,1H3;1H. The smallest absolute Gasteiger partial charge is 0.387 e. The minimum absolute atomic E-state index is 0. The highest BCUT2D eigenvalue weighted by atomic mass is 35.5. The monoisotopic (exact) mass is 360 g/mol. The van der Waals surface area contributed by atoms with Gasteiger partial charge in [0.2, 0.25) is 5.91 Å². The summed E-state index contributed by atoms with van der Waals surface area (Å²) in [4.78, 5) is 14.5. The fraction of sp³-hybridized carbons (Fsp3) is 0.588. The normalized spacial score (nSPS) is 28.6. The van der Waals surface area contributed by atoms with Crippen LogP contribution < -0.4 is 10.5 Å². The molecule has 0 bridgehead atoms. The van der Waals surface area contributed by atoms with Crippen LogP contribution in [-0.4, -0.2) is 37.1 Å². The van der Waals surface area contributed by atoms with E-state index in [9.17, 15) is 13.6 Å². The molecule has 134 valence electrons. The van der Waals surface area contributed by atoms with Crippen LogP contribution in [0.2, 0.25) is 0 Å². The summed E-state index contributed by atoms with van der Waals surface area (Å²) in [6.07, 6.45) is 1.61. The lowest BCUT2D eigenvalue weighted by Gasteiger charge is -2.22. The average molecular weight is 361 g/mol. The van der Waals surface area contributed by atoms with Gasteiger partial charge in [-0.15, -0.1) is 12.4 Å². The quantitative estimate of drug-likeness (QED) is 0.878. The molecule has 1 aliphatic heterocycles. The number of nitrogens with two attached hydrogens (primary N) is 1. The Morgan fingerprint density at radius 3 is 2.79 bits per heavy atom. The third-order valence-corrected chi connectivity index (χ3v) is 5.00. The fourth-order valence-corrected chi connectivity index (χ4v) is 3.41. The highest BCUT2D eigenvalue weighted by Gasteiger charge is 2.49. The van der Waals surface area contributed by atoms with E-state index in [1.54, 1.807) is 18.2 Å². The van der Waals surface area contributed by atoms with Crippen molar-refractivity contribution in [3.63, 3.8) is 0 Å².